The number of nitrogens with zero attached hydrogens (tertiary/aromatic N) is 6. The molecule has 34 heavy (non-hydrogen) atoms. The fraction of sp³-hybridized carbons (Fsp3) is 0.348. The largest absolute Gasteiger partial charge is 0.356 e. The van der Waals surface area contributed by atoms with Crippen molar-refractivity contribution in [3.8, 4) is 6.07 Å². The summed E-state index contributed by atoms with van der Waals surface area (Å²) in [5.41, 5.74) is 3.51. The van der Waals surface area contributed by atoms with Gasteiger partial charge in [-0.2, -0.15) is 15.5 Å². The van der Waals surface area contributed by atoms with Gasteiger partial charge in [-0.05, 0) is 44.7 Å². The van der Waals surface area contributed by atoms with Gasteiger partial charge in [-0.15, -0.1) is 0 Å². The number of carbonyl (C=O) groups excluding carboxylic acids is 1. The summed E-state index contributed by atoms with van der Waals surface area (Å²) < 4.78 is 9.37. The Morgan fingerprint density at radius 1 is 1.29 bits per heavy atom. The first-order valence-electron chi connectivity index (χ1n) is 11.1. The molecule has 11 heteroatoms. The third-order valence-corrected chi connectivity index (χ3v) is 6.70. The Kier molecular flexibility index (Phi) is 6.00. The second-order valence-corrected chi connectivity index (χ2v) is 9.26. The molecular formula is C23H24N8O2S. The molecule has 3 aromatic heterocycles. The van der Waals surface area contributed by atoms with Gasteiger partial charge in [0.1, 0.15) is 11.4 Å². The normalized spacial score (nSPS) is 15.9. The number of nitriles is 1. The van der Waals surface area contributed by atoms with E-state index in [-0.39, 0.29) is 18.7 Å². The average Bonchev–Trinajstić information content (AvgIpc) is 3.56. The van der Waals surface area contributed by atoms with E-state index in [1.54, 1.807) is 23.3 Å². The zero-order valence-corrected chi connectivity index (χ0v) is 19.7. The number of hydrogen-bond donors (Lipinski definition) is 2. The van der Waals surface area contributed by atoms with Crippen LogP contribution in [0.3, 0.4) is 0 Å². The van der Waals surface area contributed by atoms with Crippen molar-refractivity contribution in [2.45, 2.75) is 45.9 Å². The highest BCUT2D eigenvalue weighted by Crippen LogP contribution is 2.32. The quantitative estimate of drug-likeness (QED) is 0.419. The van der Waals surface area contributed by atoms with Crippen LogP contribution >= 0.6 is 11.3 Å². The summed E-state index contributed by atoms with van der Waals surface area (Å²) in [6, 6.07) is 6.07. The van der Waals surface area contributed by atoms with Gasteiger partial charge in [0.2, 0.25) is 0 Å². The van der Waals surface area contributed by atoms with Gasteiger partial charge in [0.25, 0.3) is 5.91 Å². The molecule has 1 aliphatic rings. The molecule has 1 aliphatic heterocycles. The number of anilines is 3. The lowest BCUT2D eigenvalue weighted by Crippen LogP contribution is -2.19. The maximum atomic E-state index is 13.1. The molecule has 0 aliphatic carbocycles. The number of nitrogens with one attached hydrogen (secondary N) is 2. The van der Waals surface area contributed by atoms with E-state index in [4.69, 9.17) is 10.00 Å². The smallest absolute Gasteiger partial charge is 0.267 e. The molecule has 0 spiro atoms. The lowest BCUT2D eigenvalue weighted by molar-refractivity contribution is -0.0366. The molecule has 174 valence electrons. The molecule has 2 N–H and O–H groups in total. The van der Waals surface area contributed by atoms with Gasteiger partial charge in [0.05, 0.1) is 29.7 Å². The average molecular weight is 477 g/mol. The van der Waals surface area contributed by atoms with Crippen molar-refractivity contribution in [2.24, 2.45) is 0 Å². The Morgan fingerprint density at radius 3 is 2.97 bits per heavy atom. The van der Waals surface area contributed by atoms with E-state index >= 15 is 0 Å². The third-order valence-electron chi connectivity index (χ3n) is 5.79. The van der Waals surface area contributed by atoms with Crippen LogP contribution in [0, 0.1) is 25.2 Å². The maximum Gasteiger partial charge on any atom is 0.267 e. The number of thiazole rings is 1. The predicted octanol–water partition coefficient (Wildman–Crippen LogP) is 4.52. The molecule has 0 bridgehead atoms. The third kappa shape index (κ3) is 4.25. The standard InChI is InChI=1S/C23H24N8O2S/c1-14-6-7-17-16(11-26-31(17)19-5-3-4-10-33-19)20(14)27-22(32)18-12-25-23(34-18)28-21-15(2)13-30(29-21)9-8-24/h6-7,11-13,19H,3-5,9-10H2,1-2H3,(H,27,32)(H,25,28,29). The van der Waals surface area contributed by atoms with Crippen molar-refractivity contribution in [1.82, 2.24) is 24.5 Å². The van der Waals surface area contributed by atoms with Crippen LogP contribution in [0.1, 0.15) is 46.3 Å². The van der Waals surface area contributed by atoms with E-state index in [2.05, 4.69) is 31.9 Å². The van der Waals surface area contributed by atoms with Crippen molar-refractivity contribution < 1.29 is 9.53 Å². The molecule has 0 radical (unpaired) electrons. The number of carbonyl (C=O) groups is 1. The minimum atomic E-state index is -0.241. The Labute approximate surface area is 200 Å². The summed E-state index contributed by atoms with van der Waals surface area (Å²) in [5.74, 6) is 0.365. The van der Waals surface area contributed by atoms with Gasteiger partial charge in [0.15, 0.2) is 17.2 Å². The van der Waals surface area contributed by atoms with Gasteiger partial charge in [-0.3, -0.25) is 9.48 Å². The van der Waals surface area contributed by atoms with Gasteiger partial charge in [0, 0.05) is 23.8 Å². The van der Waals surface area contributed by atoms with Crippen LogP contribution in [0.5, 0.6) is 0 Å². The first-order valence-corrected chi connectivity index (χ1v) is 11.9. The molecule has 1 aromatic carbocycles. The molecule has 1 unspecified atom stereocenters. The number of aromatic nitrogens is 5. The first kappa shape index (κ1) is 22.1. The van der Waals surface area contributed by atoms with Crippen LogP contribution in [-0.4, -0.2) is 37.1 Å². The molecular weight excluding hydrogens is 452 g/mol. The Bertz CT molecular complexity index is 1390. The van der Waals surface area contributed by atoms with E-state index in [1.165, 1.54) is 11.3 Å². The summed E-state index contributed by atoms with van der Waals surface area (Å²) in [5, 5.41) is 25.4. The molecule has 5 rings (SSSR count). The second kappa shape index (κ2) is 9.24. The number of aryl methyl sites for hydroxylation is 2. The van der Waals surface area contributed by atoms with Crippen LogP contribution in [0.2, 0.25) is 0 Å². The molecule has 4 aromatic rings. The van der Waals surface area contributed by atoms with E-state index < -0.39 is 0 Å². The van der Waals surface area contributed by atoms with E-state index in [0.717, 1.165) is 53.6 Å². The zero-order valence-electron chi connectivity index (χ0n) is 18.9. The van der Waals surface area contributed by atoms with Gasteiger partial charge in [-0.1, -0.05) is 17.4 Å². The highest BCUT2D eigenvalue weighted by molar-refractivity contribution is 7.17. The lowest BCUT2D eigenvalue weighted by atomic mass is 10.1. The number of rotatable bonds is 6. The molecule has 1 amide bonds. The molecule has 10 nitrogen and oxygen atoms in total. The van der Waals surface area contributed by atoms with E-state index in [1.807, 2.05) is 30.7 Å². The van der Waals surface area contributed by atoms with E-state index in [0.29, 0.717) is 15.8 Å². The Balaban J connectivity index is 1.35. The lowest BCUT2D eigenvalue weighted by Gasteiger charge is -2.23. The topological polar surface area (TPSA) is 123 Å². The van der Waals surface area contributed by atoms with Gasteiger partial charge < -0.3 is 15.4 Å². The van der Waals surface area contributed by atoms with Gasteiger partial charge in [-0.25, -0.2) is 9.67 Å². The molecule has 1 saturated heterocycles. The predicted molar refractivity (Wildman–Crippen MR) is 129 cm³/mol. The van der Waals surface area contributed by atoms with Crippen molar-refractivity contribution in [1.29, 1.82) is 5.26 Å². The molecule has 4 heterocycles. The number of amides is 1. The van der Waals surface area contributed by atoms with Crippen molar-refractivity contribution in [3.63, 3.8) is 0 Å². The van der Waals surface area contributed by atoms with Crippen LogP contribution in [0.4, 0.5) is 16.6 Å². The molecule has 0 saturated carbocycles. The van der Waals surface area contributed by atoms with Crippen LogP contribution < -0.4 is 10.6 Å². The molecule has 1 atom stereocenters. The fourth-order valence-electron chi connectivity index (χ4n) is 4.05. The van der Waals surface area contributed by atoms with Crippen LogP contribution in [0.15, 0.2) is 30.7 Å². The summed E-state index contributed by atoms with van der Waals surface area (Å²) >= 11 is 1.24. The monoisotopic (exact) mass is 476 g/mol. The zero-order chi connectivity index (χ0) is 23.7. The highest BCUT2D eigenvalue weighted by atomic mass is 32.1. The Morgan fingerprint density at radius 2 is 2.18 bits per heavy atom. The summed E-state index contributed by atoms with van der Waals surface area (Å²) in [6.07, 6.45) is 8.15. The number of benzene rings is 1. The van der Waals surface area contributed by atoms with Crippen molar-refractivity contribution in [3.05, 3.63) is 46.7 Å². The molecule has 1 fully saturated rings. The second-order valence-electron chi connectivity index (χ2n) is 8.23. The van der Waals surface area contributed by atoms with Gasteiger partial charge >= 0.3 is 0 Å². The maximum absolute atomic E-state index is 13.1. The number of hydrogen-bond acceptors (Lipinski definition) is 8. The minimum absolute atomic E-state index is 0.0762. The van der Waals surface area contributed by atoms with Crippen molar-refractivity contribution >= 4 is 44.8 Å². The summed E-state index contributed by atoms with van der Waals surface area (Å²) in [6.45, 7) is 4.76. The first-order chi connectivity index (χ1) is 16.5. The minimum Gasteiger partial charge on any atom is -0.356 e. The summed E-state index contributed by atoms with van der Waals surface area (Å²) in [4.78, 5) is 17.9. The van der Waals surface area contributed by atoms with Crippen LogP contribution in [-0.2, 0) is 11.3 Å². The van der Waals surface area contributed by atoms with Crippen molar-refractivity contribution in [2.75, 3.05) is 17.2 Å². The number of ether oxygens (including phenoxy) is 1. The fourth-order valence-corrected chi connectivity index (χ4v) is 4.76. The van der Waals surface area contributed by atoms with Crippen LogP contribution in [0.25, 0.3) is 10.9 Å². The Hall–Kier alpha value is -3.75. The number of fused-ring (bicyclic) bond motifs is 1. The SMILES string of the molecule is Cc1cn(CC#N)nc1Nc1ncc(C(=O)Nc2c(C)ccc3c2cnn3C2CCCCO2)s1. The van der Waals surface area contributed by atoms with E-state index in [9.17, 15) is 4.79 Å². The summed E-state index contributed by atoms with van der Waals surface area (Å²) in [7, 11) is 0. The highest BCUT2D eigenvalue weighted by Gasteiger charge is 2.21.